The fraction of sp³-hybridized carbons (Fsp3) is 0.538. The number of nitrogens with zero attached hydrogens (tertiary/aromatic N) is 4. The summed E-state index contributed by atoms with van der Waals surface area (Å²) >= 11 is 0. The van der Waals surface area contributed by atoms with Crippen molar-refractivity contribution >= 4 is 5.95 Å². The molecule has 1 aliphatic carbocycles. The third kappa shape index (κ3) is 1.89. The van der Waals surface area contributed by atoms with Gasteiger partial charge in [-0.3, -0.25) is 4.68 Å². The molecule has 0 aliphatic heterocycles. The van der Waals surface area contributed by atoms with Crippen LogP contribution in [0, 0.1) is 13.8 Å². The summed E-state index contributed by atoms with van der Waals surface area (Å²) in [7, 11) is 1.98. The summed E-state index contributed by atoms with van der Waals surface area (Å²) in [6.07, 6.45) is 6.47. The van der Waals surface area contributed by atoms with Gasteiger partial charge in [0.2, 0.25) is 5.95 Å². The van der Waals surface area contributed by atoms with Gasteiger partial charge in [0.1, 0.15) is 0 Å². The molecule has 0 amide bonds. The van der Waals surface area contributed by atoms with Crippen molar-refractivity contribution in [3.63, 3.8) is 0 Å². The van der Waals surface area contributed by atoms with Crippen LogP contribution in [0.1, 0.15) is 35.8 Å². The van der Waals surface area contributed by atoms with Crippen molar-refractivity contribution in [2.24, 2.45) is 7.05 Å². The van der Waals surface area contributed by atoms with E-state index < -0.39 is 0 Å². The van der Waals surface area contributed by atoms with Gasteiger partial charge in [0.25, 0.3) is 0 Å². The van der Waals surface area contributed by atoms with Gasteiger partial charge < -0.3 is 9.88 Å². The Balaban J connectivity index is 1.75. The van der Waals surface area contributed by atoms with E-state index in [0.29, 0.717) is 6.04 Å². The SMILES string of the molecule is Cc1nn(C)c(C)c1CNc1nccn1C1CC1. The Hall–Kier alpha value is -1.78. The van der Waals surface area contributed by atoms with E-state index in [1.165, 1.54) is 24.1 Å². The predicted molar refractivity (Wildman–Crippen MR) is 70.5 cm³/mol. The monoisotopic (exact) mass is 245 g/mol. The second kappa shape index (κ2) is 4.15. The van der Waals surface area contributed by atoms with Crippen LogP contribution in [-0.4, -0.2) is 19.3 Å². The highest BCUT2D eigenvalue weighted by Gasteiger charge is 2.25. The number of aromatic nitrogens is 4. The molecule has 1 fully saturated rings. The molecule has 2 aromatic heterocycles. The Morgan fingerprint density at radius 1 is 1.39 bits per heavy atom. The Morgan fingerprint density at radius 2 is 2.17 bits per heavy atom. The van der Waals surface area contributed by atoms with Gasteiger partial charge in [-0.2, -0.15) is 5.10 Å². The predicted octanol–water partition coefficient (Wildman–Crippen LogP) is 2.18. The number of hydrogen-bond acceptors (Lipinski definition) is 3. The van der Waals surface area contributed by atoms with Gasteiger partial charge in [-0.1, -0.05) is 0 Å². The quantitative estimate of drug-likeness (QED) is 0.898. The average Bonchev–Trinajstić information content (AvgIpc) is 3.03. The Labute approximate surface area is 107 Å². The van der Waals surface area contributed by atoms with Gasteiger partial charge in [0.15, 0.2) is 0 Å². The number of imidazole rings is 1. The molecule has 18 heavy (non-hydrogen) atoms. The Bertz CT molecular complexity index is 562. The summed E-state index contributed by atoms with van der Waals surface area (Å²) in [4.78, 5) is 4.38. The summed E-state index contributed by atoms with van der Waals surface area (Å²) in [5.74, 6) is 0.972. The molecule has 3 rings (SSSR count). The largest absolute Gasteiger partial charge is 0.351 e. The number of rotatable bonds is 4. The first kappa shape index (κ1) is 11.3. The number of anilines is 1. The smallest absolute Gasteiger partial charge is 0.203 e. The maximum Gasteiger partial charge on any atom is 0.203 e. The summed E-state index contributed by atoms with van der Waals surface area (Å²) in [5.41, 5.74) is 3.57. The molecule has 0 aromatic carbocycles. The molecule has 2 heterocycles. The highest BCUT2D eigenvalue weighted by Crippen LogP contribution is 2.36. The first-order chi connectivity index (χ1) is 8.66. The zero-order chi connectivity index (χ0) is 12.7. The second-order valence-electron chi connectivity index (χ2n) is 5.02. The van der Waals surface area contributed by atoms with Gasteiger partial charge in [0, 0.05) is 43.3 Å². The van der Waals surface area contributed by atoms with Gasteiger partial charge in [-0.15, -0.1) is 0 Å². The summed E-state index contributed by atoms with van der Waals surface area (Å²) < 4.78 is 4.17. The molecule has 5 nitrogen and oxygen atoms in total. The molecular weight excluding hydrogens is 226 g/mol. The number of hydrogen-bond donors (Lipinski definition) is 1. The van der Waals surface area contributed by atoms with E-state index in [4.69, 9.17) is 0 Å². The zero-order valence-electron chi connectivity index (χ0n) is 11.1. The number of nitrogens with one attached hydrogen (secondary N) is 1. The van der Waals surface area contributed by atoms with Crippen LogP contribution >= 0.6 is 0 Å². The summed E-state index contributed by atoms with van der Waals surface area (Å²) in [6.45, 7) is 4.94. The minimum Gasteiger partial charge on any atom is -0.351 e. The van der Waals surface area contributed by atoms with E-state index in [-0.39, 0.29) is 0 Å². The lowest BCUT2D eigenvalue weighted by Gasteiger charge is -2.09. The molecule has 0 radical (unpaired) electrons. The fourth-order valence-corrected chi connectivity index (χ4v) is 2.34. The Morgan fingerprint density at radius 3 is 2.78 bits per heavy atom. The lowest BCUT2D eigenvalue weighted by Crippen LogP contribution is -2.07. The van der Waals surface area contributed by atoms with Crippen LogP contribution in [-0.2, 0) is 13.6 Å². The van der Waals surface area contributed by atoms with Crippen LogP contribution in [0.4, 0.5) is 5.95 Å². The molecule has 1 saturated carbocycles. The number of aryl methyl sites for hydroxylation is 2. The fourth-order valence-electron chi connectivity index (χ4n) is 2.34. The van der Waals surface area contributed by atoms with Crippen molar-refractivity contribution in [1.29, 1.82) is 0 Å². The third-order valence-corrected chi connectivity index (χ3v) is 3.69. The molecule has 1 aliphatic rings. The van der Waals surface area contributed by atoms with E-state index in [2.05, 4.69) is 40.0 Å². The minimum atomic E-state index is 0.658. The molecule has 0 atom stereocenters. The van der Waals surface area contributed by atoms with Crippen LogP contribution in [0.15, 0.2) is 12.4 Å². The van der Waals surface area contributed by atoms with E-state index in [1.807, 2.05) is 17.9 Å². The summed E-state index contributed by atoms with van der Waals surface area (Å²) in [6, 6.07) is 0.658. The molecular formula is C13H19N5. The zero-order valence-corrected chi connectivity index (χ0v) is 11.1. The van der Waals surface area contributed by atoms with Crippen molar-refractivity contribution in [3.05, 3.63) is 29.3 Å². The standard InChI is InChI=1S/C13H19N5/c1-9-12(10(2)17(3)16-9)8-15-13-14-6-7-18(13)11-4-5-11/h6-7,11H,4-5,8H2,1-3H3,(H,14,15). The van der Waals surface area contributed by atoms with E-state index in [1.54, 1.807) is 0 Å². The molecule has 5 heteroatoms. The lowest BCUT2D eigenvalue weighted by molar-refractivity contribution is 0.729. The first-order valence-electron chi connectivity index (χ1n) is 6.42. The Kier molecular flexibility index (Phi) is 2.61. The topological polar surface area (TPSA) is 47.7 Å². The van der Waals surface area contributed by atoms with E-state index in [9.17, 15) is 0 Å². The molecule has 0 spiro atoms. The van der Waals surface area contributed by atoms with Gasteiger partial charge >= 0.3 is 0 Å². The van der Waals surface area contributed by atoms with Gasteiger partial charge in [0.05, 0.1) is 5.69 Å². The van der Waals surface area contributed by atoms with Crippen LogP contribution in [0.2, 0.25) is 0 Å². The molecule has 2 aromatic rings. The first-order valence-corrected chi connectivity index (χ1v) is 6.42. The van der Waals surface area contributed by atoms with Crippen molar-refractivity contribution < 1.29 is 0 Å². The maximum absolute atomic E-state index is 4.43. The van der Waals surface area contributed by atoms with E-state index >= 15 is 0 Å². The van der Waals surface area contributed by atoms with Crippen LogP contribution in [0.3, 0.4) is 0 Å². The minimum absolute atomic E-state index is 0.658. The van der Waals surface area contributed by atoms with Crippen molar-refractivity contribution in [3.8, 4) is 0 Å². The van der Waals surface area contributed by atoms with Crippen molar-refractivity contribution in [1.82, 2.24) is 19.3 Å². The van der Waals surface area contributed by atoms with Gasteiger partial charge in [-0.05, 0) is 26.7 Å². The van der Waals surface area contributed by atoms with E-state index in [0.717, 1.165) is 18.2 Å². The molecule has 1 N–H and O–H groups in total. The van der Waals surface area contributed by atoms with Crippen LogP contribution in [0.25, 0.3) is 0 Å². The average molecular weight is 245 g/mol. The van der Waals surface area contributed by atoms with Crippen molar-refractivity contribution in [2.75, 3.05) is 5.32 Å². The van der Waals surface area contributed by atoms with Gasteiger partial charge in [-0.25, -0.2) is 4.98 Å². The second-order valence-corrected chi connectivity index (χ2v) is 5.02. The maximum atomic E-state index is 4.43. The molecule has 0 saturated heterocycles. The lowest BCUT2D eigenvalue weighted by atomic mass is 10.2. The van der Waals surface area contributed by atoms with Crippen LogP contribution in [0.5, 0.6) is 0 Å². The highest BCUT2D eigenvalue weighted by molar-refractivity contribution is 5.33. The normalized spacial score (nSPS) is 15.1. The van der Waals surface area contributed by atoms with Crippen molar-refractivity contribution in [2.45, 2.75) is 39.3 Å². The molecule has 0 bridgehead atoms. The third-order valence-electron chi connectivity index (χ3n) is 3.69. The molecule has 0 unspecified atom stereocenters. The highest BCUT2D eigenvalue weighted by atomic mass is 15.3. The van der Waals surface area contributed by atoms with Crippen LogP contribution < -0.4 is 5.32 Å². The molecule has 96 valence electrons. The summed E-state index contributed by atoms with van der Waals surface area (Å²) in [5, 5.41) is 7.85.